The van der Waals surface area contributed by atoms with Gasteiger partial charge in [-0.1, -0.05) is 19.1 Å². The topological polar surface area (TPSA) is 52.7 Å². The number of sulfonamides is 1. The zero-order valence-corrected chi connectivity index (χ0v) is 15.3. The van der Waals surface area contributed by atoms with Crippen molar-refractivity contribution in [3.63, 3.8) is 0 Å². The molecule has 2 rings (SSSR count). The van der Waals surface area contributed by atoms with Crippen LogP contribution in [0.1, 0.15) is 31.7 Å². The van der Waals surface area contributed by atoms with Gasteiger partial charge >= 0.3 is 0 Å². The van der Waals surface area contributed by atoms with Gasteiger partial charge in [0.15, 0.2) is 0 Å². The van der Waals surface area contributed by atoms with Gasteiger partial charge in [-0.05, 0) is 56.6 Å². The number of piperidine rings is 1. The van der Waals surface area contributed by atoms with E-state index in [4.69, 9.17) is 0 Å². The van der Waals surface area contributed by atoms with Crippen LogP contribution >= 0.6 is 0 Å². The van der Waals surface area contributed by atoms with Gasteiger partial charge in [-0.25, -0.2) is 12.7 Å². The summed E-state index contributed by atoms with van der Waals surface area (Å²) in [6.07, 6.45) is 3.51. The van der Waals surface area contributed by atoms with Crippen LogP contribution in [0.15, 0.2) is 29.2 Å². The van der Waals surface area contributed by atoms with Crippen LogP contribution in [0.5, 0.6) is 0 Å². The van der Waals surface area contributed by atoms with E-state index >= 15 is 0 Å². The number of nitrogens with zero attached hydrogens (tertiary/aromatic N) is 2. The molecule has 6 heteroatoms. The highest BCUT2D eigenvalue weighted by molar-refractivity contribution is 7.89. The molecule has 1 heterocycles. The third kappa shape index (κ3) is 4.76. The molecule has 0 atom stereocenters. The molecular weight excluding hydrogens is 310 g/mol. The molecule has 1 aliphatic heterocycles. The van der Waals surface area contributed by atoms with Crippen LogP contribution in [0, 0.1) is 0 Å². The van der Waals surface area contributed by atoms with Crippen LogP contribution in [0.4, 0.5) is 0 Å². The summed E-state index contributed by atoms with van der Waals surface area (Å²) in [5, 5.41) is 3.41. The van der Waals surface area contributed by atoms with Gasteiger partial charge < -0.3 is 5.32 Å². The van der Waals surface area contributed by atoms with Crippen molar-refractivity contribution in [2.75, 3.05) is 33.7 Å². The van der Waals surface area contributed by atoms with Gasteiger partial charge in [0, 0.05) is 26.7 Å². The van der Waals surface area contributed by atoms with E-state index in [1.54, 1.807) is 26.2 Å². The van der Waals surface area contributed by atoms with Crippen molar-refractivity contribution in [1.29, 1.82) is 0 Å². The predicted octanol–water partition coefficient (Wildman–Crippen LogP) is 1.90. The largest absolute Gasteiger partial charge is 0.317 e. The Bertz CT molecular complexity index is 578. The molecule has 0 radical (unpaired) electrons. The first-order valence-electron chi connectivity index (χ1n) is 8.41. The number of benzene rings is 1. The fourth-order valence-electron chi connectivity index (χ4n) is 3.06. The quantitative estimate of drug-likeness (QED) is 0.824. The van der Waals surface area contributed by atoms with Crippen molar-refractivity contribution in [2.24, 2.45) is 0 Å². The minimum absolute atomic E-state index is 0.357. The monoisotopic (exact) mass is 339 g/mol. The maximum Gasteiger partial charge on any atom is 0.242 e. The third-order valence-electron chi connectivity index (χ3n) is 4.42. The Hall–Kier alpha value is -0.950. The summed E-state index contributed by atoms with van der Waals surface area (Å²) in [6, 6.07) is 7.95. The molecule has 0 bridgehead atoms. The molecule has 0 aliphatic carbocycles. The minimum Gasteiger partial charge on any atom is -0.317 e. The average molecular weight is 340 g/mol. The van der Waals surface area contributed by atoms with Gasteiger partial charge in [-0.3, -0.25) is 4.90 Å². The zero-order valence-electron chi connectivity index (χ0n) is 14.5. The first-order valence-corrected chi connectivity index (χ1v) is 9.85. The molecule has 0 aromatic heterocycles. The molecule has 5 nitrogen and oxygen atoms in total. The third-order valence-corrected chi connectivity index (χ3v) is 6.25. The van der Waals surface area contributed by atoms with Gasteiger partial charge in [0.2, 0.25) is 10.0 Å². The fraction of sp³-hybridized carbons (Fsp3) is 0.647. The first kappa shape index (κ1) is 18.4. The summed E-state index contributed by atoms with van der Waals surface area (Å²) in [6.45, 7) is 6.36. The van der Waals surface area contributed by atoms with Crippen molar-refractivity contribution in [3.8, 4) is 0 Å². The Morgan fingerprint density at radius 3 is 2.26 bits per heavy atom. The smallest absolute Gasteiger partial charge is 0.242 e. The lowest BCUT2D eigenvalue weighted by atomic mass is 10.0. The lowest BCUT2D eigenvalue weighted by Crippen LogP contribution is -2.43. The SMILES string of the molecule is CCCN(Cc1ccc(S(=O)(=O)N(C)C)cc1)C1CCNCC1. The lowest BCUT2D eigenvalue weighted by Gasteiger charge is -2.34. The van der Waals surface area contributed by atoms with Crippen LogP contribution < -0.4 is 5.32 Å². The average Bonchev–Trinajstić information content (AvgIpc) is 2.55. The second-order valence-electron chi connectivity index (χ2n) is 6.38. The summed E-state index contributed by atoms with van der Waals surface area (Å²) >= 11 is 0. The van der Waals surface area contributed by atoms with Crippen LogP contribution in [0.25, 0.3) is 0 Å². The summed E-state index contributed by atoms with van der Waals surface area (Å²) in [4.78, 5) is 2.89. The van der Waals surface area contributed by atoms with Gasteiger partial charge in [0.05, 0.1) is 4.90 Å². The van der Waals surface area contributed by atoms with Gasteiger partial charge in [-0.2, -0.15) is 0 Å². The number of hydrogen-bond donors (Lipinski definition) is 1. The Morgan fingerprint density at radius 2 is 1.74 bits per heavy atom. The van der Waals surface area contributed by atoms with E-state index in [1.807, 2.05) is 12.1 Å². The second-order valence-corrected chi connectivity index (χ2v) is 8.53. The van der Waals surface area contributed by atoms with E-state index in [2.05, 4.69) is 17.1 Å². The van der Waals surface area contributed by atoms with Crippen molar-refractivity contribution < 1.29 is 8.42 Å². The Labute approximate surface area is 140 Å². The van der Waals surface area contributed by atoms with E-state index in [9.17, 15) is 8.42 Å². The first-order chi connectivity index (χ1) is 10.9. The van der Waals surface area contributed by atoms with Crippen molar-refractivity contribution in [2.45, 2.75) is 43.7 Å². The molecule has 0 unspecified atom stereocenters. The molecule has 23 heavy (non-hydrogen) atoms. The molecule has 0 amide bonds. The molecule has 1 aliphatic rings. The second kappa shape index (κ2) is 8.24. The highest BCUT2D eigenvalue weighted by Crippen LogP contribution is 2.18. The van der Waals surface area contributed by atoms with Crippen LogP contribution in [0.2, 0.25) is 0 Å². The Balaban J connectivity index is 2.08. The molecule has 130 valence electrons. The zero-order chi connectivity index (χ0) is 16.9. The van der Waals surface area contributed by atoms with Crippen LogP contribution in [-0.2, 0) is 16.6 Å². The van der Waals surface area contributed by atoms with E-state index in [1.165, 1.54) is 22.7 Å². The maximum atomic E-state index is 12.1. The molecule has 1 aromatic rings. The molecule has 1 aromatic carbocycles. The van der Waals surface area contributed by atoms with E-state index < -0.39 is 10.0 Å². The highest BCUT2D eigenvalue weighted by Gasteiger charge is 2.21. The summed E-state index contributed by atoms with van der Waals surface area (Å²) in [5.74, 6) is 0. The lowest BCUT2D eigenvalue weighted by molar-refractivity contribution is 0.154. The Morgan fingerprint density at radius 1 is 1.13 bits per heavy atom. The molecule has 1 N–H and O–H groups in total. The van der Waals surface area contributed by atoms with Crippen molar-refractivity contribution in [3.05, 3.63) is 29.8 Å². The van der Waals surface area contributed by atoms with Gasteiger partial charge in [-0.15, -0.1) is 0 Å². The number of nitrogens with one attached hydrogen (secondary N) is 1. The van der Waals surface area contributed by atoms with E-state index in [-0.39, 0.29) is 0 Å². The highest BCUT2D eigenvalue weighted by atomic mass is 32.2. The normalized spacial score (nSPS) is 17.1. The number of hydrogen-bond acceptors (Lipinski definition) is 4. The summed E-state index contributed by atoms with van der Waals surface area (Å²) in [7, 11) is -0.224. The molecule has 1 saturated heterocycles. The summed E-state index contributed by atoms with van der Waals surface area (Å²) < 4.78 is 25.5. The molecule has 0 saturated carbocycles. The van der Waals surface area contributed by atoms with Gasteiger partial charge in [0.25, 0.3) is 0 Å². The van der Waals surface area contributed by atoms with Crippen molar-refractivity contribution in [1.82, 2.24) is 14.5 Å². The summed E-state index contributed by atoms with van der Waals surface area (Å²) in [5.41, 5.74) is 1.18. The predicted molar refractivity (Wildman–Crippen MR) is 93.9 cm³/mol. The standard InChI is InChI=1S/C17H29N3O2S/c1-4-13-20(16-9-11-18-12-10-16)14-15-5-7-17(8-6-15)23(21,22)19(2)3/h5-8,16,18H,4,9-14H2,1-3H3. The Kier molecular flexibility index (Phi) is 6.59. The minimum atomic E-state index is -3.34. The molecule has 1 fully saturated rings. The maximum absolute atomic E-state index is 12.1. The number of rotatable bonds is 7. The van der Waals surface area contributed by atoms with Gasteiger partial charge in [0.1, 0.15) is 0 Å². The van der Waals surface area contributed by atoms with Crippen molar-refractivity contribution >= 4 is 10.0 Å². The molecule has 0 spiro atoms. The molecular formula is C17H29N3O2S. The fourth-order valence-corrected chi connectivity index (χ4v) is 3.96. The van der Waals surface area contributed by atoms with Crippen LogP contribution in [0.3, 0.4) is 0 Å². The van der Waals surface area contributed by atoms with E-state index in [0.717, 1.165) is 32.6 Å². The van der Waals surface area contributed by atoms with Crippen LogP contribution in [-0.4, -0.2) is 57.4 Å². The van der Waals surface area contributed by atoms with E-state index in [0.29, 0.717) is 10.9 Å².